The highest BCUT2D eigenvalue weighted by Gasteiger charge is 2.27. The van der Waals surface area contributed by atoms with Gasteiger partial charge in [-0.3, -0.25) is 14.2 Å². The second kappa shape index (κ2) is 9.03. The molecular weight excluding hydrogens is 273 g/mol. The van der Waals surface area contributed by atoms with E-state index in [2.05, 4.69) is 14.4 Å². The number of hydrogen-bond acceptors (Lipinski definition) is 6. The fourth-order valence-electron chi connectivity index (χ4n) is 1.40. The van der Waals surface area contributed by atoms with Gasteiger partial charge in [-0.2, -0.15) is 0 Å². The molecule has 0 saturated carbocycles. The van der Waals surface area contributed by atoms with Crippen molar-refractivity contribution in [3.05, 3.63) is 0 Å². The van der Waals surface area contributed by atoms with E-state index in [0.29, 0.717) is 19.4 Å². The number of carbonyl (C=O) groups excluding carboxylic acids is 2. The smallest absolute Gasteiger partial charge is 0.339 e. The fraction of sp³-hybridized carbons (Fsp3) is 0.800. The van der Waals surface area contributed by atoms with E-state index in [1.807, 2.05) is 0 Å². The topological polar surface area (TPSA) is 134 Å². The van der Waals surface area contributed by atoms with E-state index in [1.54, 1.807) is 0 Å². The minimum atomic E-state index is -3.44. The second-order valence-electron chi connectivity index (χ2n) is 3.94. The molecule has 8 nitrogen and oxygen atoms in total. The number of nitrogens with one attached hydrogen (secondary N) is 1. The molecule has 112 valence electrons. The van der Waals surface area contributed by atoms with Gasteiger partial charge in [-0.15, -0.1) is 0 Å². The summed E-state index contributed by atoms with van der Waals surface area (Å²) in [7, 11) is -1.07. The van der Waals surface area contributed by atoms with Crippen LogP contribution in [0.2, 0.25) is 0 Å². The van der Waals surface area contributed by atoms with Crippen molar-refractivity contribution in [2.75, 3.05) is 26.9 Å². The van der Waals surface area contributed by atoms with Gasteiger partial charge in [0, 0.05) is 14.2 Å². The van der Waals surface area contributed by atoms with Gasteiger partial charge in [0.1, 0.15) is 12.2 Å². The molecular formula is C10H22N3O5P. The van der Waals surface area contributed by atoms with Crippen molar-refractivity contribution in [3.8, 4) is 0 Å². The normalized spacial score (nSPS) is 13.0. The van der Waals surface area contributed by atoms with Crippen LogP contribution >= 0.6 is 7.60 Å². The summed E-state index contributed by atoms with van der Waals surface area (Å²) in [6.07, 6.45) is 1.33. The van der Waals surface area contributed by atoms with Gasteiger partial charge in [-0.05, 0) is 25.8 Å². The molecule has 0 heterocycles. The zero-order valence-corrected chi connectivity index (χ0v) is 12.2. The van der Waals surface area contributed by atoms with Crippen molar-refractivity contribution in [1.82, 2.24) is 5.32 Å². The number of amides is 2. The number of unbranched alkanes of at least 4 members (excludes halogenated alkanes) is 1. The number of primary amides is 1. The van der Waals surface area contributed by atoms with Crippen molar-refractivity contribution < 1.29 is 23.2 Å². The van der Waals surface area contributed by atoms with Crippen LogP contribution < -0.4 is 16.8 Å². The van der Waals surface area contributed by atoms with Gasteiger partial charge in [-0.25, -0.2) is 0 Å². The Balaban J connectivity index is 4.39. The SMILES string of the molecule is COP(=O)(CC(=O)N[C@@H](CCCCN)C(N)=O)OC. The first-order valence-corrected chi connectivity index (χ1v) is 7.60. The van der Waals surface area contributed by atoms with Crippen LogP contribution in [-0.4, -0.2) is 44.8 Å². The number of nitrogens with two attached hydrogens (primary N) is 2. The molecule has 0 aromatic heterocycles. The molecule has 1 atom stereocenters. The zero-order valence-electron chi connectivity index (χ0n) is 11.3. The van der Waals surface area contributed by atoms with Gasteiger partial charge >= 0.3 is 7.60 Å². The van der Waals surface area contributed by atoms with Crippen molar-refractivity contribution >= 4 is 19.4 Å². The lowest BCUT2D eigenvalue weighted by atomic mass is 10.1. The molecule has 9 heteroatoms. The summed E-state index contributed by atoms with van der Waals surface area (Å²) in [4.78, 5) is 22.8. The zero-order chi connectivity index (χ0) is 14.9. The maximum absolute atomic E-state index is 11.7. The molecule has 2 amide bonds. The molecule has 0 fully saturated rings. The van der Waals surface area contributed by atoms with Gasteiger partial charge < -0.3 is 25.8 Å². The summed E-state index contributed by atoms with van der Waals surface area (Å²) >= 11 is 0. The van der Waals surface area contributed by atoms with Crippen LogP contribution in [0.5, 0.6) is 0 Å². The molecule has 5 N–H and O–H groups in total. The third kappa shape index (κ3) is 7.27. The predicted molar refractivity (Wildman–Crippen MR) is 70.5 cm³/mol. The summed E-state index contributed by atoms with van der Waals surface area (Å²) in [5.41, 5.74) is 10.5. The molecule has 0 bridgehead atoms. The quantitative estimate of drug-likeness (QED) is 0.370. The molecule has 0 aromatic carbocycles. The Morgan fingerprint density at radius 3 is 2.26 bits per heavy atom. The van der Waals surface area contributed by atoms with Gasteiger partial charge in [-0.1, -0.05) is 0 Å². The lowest BCUT2D eigenvalue weighted by Gasteiger charge is -2.17. The molecule has 19 heavy (non-hydrogen) atoms. The minimum Gasteiger partial charge on any atom is -0.368 e. The van der Waals surface area contributed by atoms with Crippen LogP contribution in [0.4, 0.5) is 0 Å². The Kier molecular flexibility index (Phi) is 8.58. The van der Waals surface area contributed by atoms with Crippen molar-refractivity contribution in [1.29, 1.82) is 0 Å². The Morgan fingerprint density at radius 2 is 1.84 bits per heavy atom. The van der Waals surface area contributed by atoms with E-state index in [9.17, 15) is 14.2 Å². The molecule has 0 aliphatic heterocycles. The first-order valence-electron chi connectivity index (χ1n) is 5.87. The standard InChI is InChI=1S/C10H22N3O5P/c1-17-19(16,18-2)7-9(14)13-8(10(12)15)5-3-4-6-11/h8H,3-7,11H2,1-2H3,(H2,12,15)(H,13,14)/t8-/m0/s1. The summed E-state index contributed by atoms with van der Waals surface area (Å²) in [5.74, 6) is -1.25. The van der Waals surface area contributed by atoms with Crippen LogP contribution in [0.15, 0.2) is 0 Å². The summed E-state index contributed by atoms with van der Waals surface area (Å²) in [5, 5.41) is 2.41. The average Bonchev–Trinajstić information content (AvgIpc) is 2.37. The molecule has 0 unspecified atom stereocenters. The van der Waals surface area contributed by atoms with Crippen molar-refractivity contribution in [3.63, 3.8) is 0 Å². The predicted octanol–water partition coefficient (Wildman–Crippen LogP) is -0.429. The van der Waals surface area contributed by atoms with Crippen LogP contribution in [0.3, 0.4) is 0 Å². The molecule has 0 radical (unpaired) electrons. The molecule has 0 aromatic rings. The molecule has 0 rings (SSSR count). The summed E-state index contributed by atoms with van der Waals surface area (Å²) in [6, 6.07) is -0.804. The maximum atomic E-state index is 11.7. The largest absolute Gasteiger partial charge is 0.368 e. The van der Waals surface area contributed by atoms with Gasteiger partial charge in [0.15, 0.2) is 0 Å². The third-order valence-electron chi connectivity index (χ3n) is 2.52. The van der Waals surface area contributed by atoms with Crippen LogP contribution in [0.25, 0.3) is 0 Å². The highest BCUT2D eigenvalue weighted by Crippen LogP contribution is 2.45. The number of hydrogen-bond donors (Lipinski definition) is 3. The van der Waals surface area contributed by atoms with Gasteiger partial charge in [0.05, 0.1) is 0 Å². The molecule has 0 saturated heterocycles. The highest BCUT2D eigenvalue weighted by molar-refractivity contribution is 7.54. The van der Waals surface area contributed by atoms with E-state index in [1.165, 1.54) is 14.2 Å². The fourth-order valence-corrected chi connectivity index (χ4v) is 2.25. The lowest BCUT2D eigenvalue weighted by molar-refractivity contribution is -0.126. The first kappa shape index (κ1) is 18.0. The Labute approximate surface area is 112 Å². The molecule has 0 spiro atoms. The second-order valence-corrected chi connectivity index (χ2v) is 6.21. The van der Waals surface area contributed by atoms with Gasteiger partial charge in [0.25, 0.3) is 0 Å². The average molecular weight is 295 g/mol. The Hall–Kier alpha value is -0.950. The molecule has 0 aliphatic rings. The van der Waals surface area contributed by atoms with E-state index < -0.39 is 31.6 Å². The number of carbonyl (C=O) groups is 2. The van der Waals surface area contributed by atoms with Crippen molar-refractivity contribution in [2.24, 2.45) is 11.5 Å². The van der Waals surface area contributed by atoms with E-state index >= 15 is 0 Å². The maximum Gasteiger partial charge on any atom is 0.339 e. The summed E-state index contributed by atoms with van der Waals surface area (Å²) < 4.78 is 21.0. The molecule has 0 aliphatic carbocycles. The van der Waals surface area contributed by atoms with E-state index in [-0.39, 0.29) is 0 Å². The van der Waals surface area contributed by atoms with Gasteiger partial charge in [0.2, 0.25) is 11.8 Å². The van der Waals surface area contributed by atoms with Crippen LogP contribution in [-0.2, 0) is 23.2 Å². The highest BCUT2D eigenvalue weighted by atomic mass is 31.2. The monoisotopic (exact) mass is 295 g/mol. The van der Waals surface area contributed by atoms with Crippen LogP contribution in [0, 0.1) is 0 Å². The number of rotatable bonds is 10. The Morgan fingerprint density at radius 1 is 1.26 bits per heavy atom. The Bertz CT molecular complexity index is 342. The summed E-state index contributed by atoms with van der Waals surface area (Å²) in [6.45, 7) is 0.502. The van der Waals surface area contributed by atoms with Crippen molar-refractivity contribution in [2.45, 2.75) is 25.3 Å². The van der Waals surface area contributed by atoms with Crippen LogP contribution in [0.1, 0.15) is 19.3 Å². The van der Waals surface area contributed by atoms with E-state index in [4.69, 9.17) is 11.5 Å². The third-order valence-corrected chi connectivity index (χ3v) is 4.31. The first-order chi connectivity index (χ1) is 8.88. The lowest BCUT2D eigenvalue weighted by Crippen LogP contribution is -2.45. The van der Waals surface area contributed by atoms with E-state index in [0.717, 1.165) is 6.42 Å². The minimum absolute atomic E-state index is 0.391.